The van der Waals surface area contributed by atoms with E-state index in [0.717, 1.165) is 0 Å². The van der Waals surface area contributed by atoms with Gasteiger partial charge in [-0.25, -0.2) is 9.97 Å². The third-order valence-corrected chi connectivity index (χ3v) is 4.26. The van der Waals surface area contributed by atoms with Crippen LogP contribution in [0.3, 0.4) is 0 Å². The van der Waals surface area contributed by atoms with Gasteiger partial charge in [-0.3, -0.25) is 9.55 Å². The van der Waals surface area contributed by atoms with Gasteiger partial charge in [0.1, 0.15) is 24.6 Å². The summed E-state index contributed by atoms with van der Waals surface area (Å²) >= 11 is 0. The molecule has 0 radical (unpaired) electrons. The van der Waals surface area contributed by atoms with Crippen LogP contribution in [0.25, 0.3) is 11.2 Å². The van der Waals surface area contributed by atoms with E-state index in [-0.39, 0.29) is 24.6 Å². The second-order valence-electron chi connectivity index (χ2n) is 5.86. The molecule has 1 fully saturated rings. The van der Waals surface area contributed by atoms with Gasteiger partial charge in [-0.05, 0) is 12.1 Å². The van der Waals surface area contributed by atoms with Gasteiger partial charge in [0.15, 0.2) is 17.4 Å². The predicted molar refractivity (Wildman–Crippen MR) is 86.8 cm³/mol. The van der Waals surface area contributed by atoms with Gasteiger partial charge < -0.3 is 24.8 Å². The quantitative estimate of drug-likeness (QED) is 0.564. The zero-order chi connectivity index (χ0) is 18.1. The zero-order valence-corrected chi connectivity index (χ0v) is 13.6. The van der Waals surface area contributed by atoms with Crippen molar-refractivity contribution in [3.8, 4) is 5.88 Å². The van der Waals surface area contributed by atoms with Gasteiger partial charge in [0.25, 0.3) is 0 Å². The van der Waals surface area contributed by atoms with Gasteiger partial charge in [-0.2, -0.15) is 4.98 Å². The molecule has 0 aliphatic carbocycles. The maximum absolute atomic E-state index is 10.5. The second kappa shape index (κ2) is 6.92. The molecule has 1 saturated heterocycles. The molecule has 1 aliphatic rings. The van der Waals surface area contributed by atoms with Gasteiger partial charge in [0.05, 0.1) is 25.2 Å². The summed E-state index contributed by atoms with van der Waals surface area (Å²) in [5.41, 5.74) is 1.24. The van der Waals surface area contributed by atoms with Crippen molar-refractivity contribution >= 4 is 11.2 Å². The first-order valence-corrected chi connectivity index (χ1v) is 8.01. The lowest BCUT2D eigenvalue weighted by Gasteiger charge is -2.21. The number of imidazole rings is 1. The van der Waals surface area contributed by atoms with Crippen molar-refractivity contribution in [3.63, 3.8) is 0 Å². The fraction of sp³-hybridized carbons (Fsp3) is 0.375. The zero-order valence-electron chi connectivity index (χ0n) is 13.6. The molecule has 3 aromatic heterocycles. The minimum absolute atomic E-state index is 0.160. The molecule has 2 unspecified atom stereocenters. The third kappa shape index (κ3) is 2.88. The first-order valence-electron chi connectivity index (χ1n) is 8.01. The van der Waals surface area contributed by atoms with Crippen LogP contribution in [-0.2, 0) is 16.1 Å². The Hall–Kier alpha value is -2.66. The number of fused-ring (bicyclic) bond motifs is 1. The molecule has 4 atom stereocenters. The highest BCUT2D eigenvalue weighted by Crippen LogP contribution is 2.34. The fourth-order valence-electron chi connectivity index (χ4n) is 2.96. The van der Waals surface area contributed by atoms with Crippen molar-refractivity contribution in [3.05, 3.63) is 42.7 Å². The molecule has 4 heterocycles. The number of aliphatic hydroxyl groups excluding tert-OH is 2. The van der Waals surface area contributed by atoms with E-state index in [9.17, 15) is 15.3 Å². The van der Waals surface area contributed by atoms with Crippen molar-refractivity contribution in [2.24, 2.45) is 0 Å². The summed E-state index contributed by atoms with van der Waals surface area (Å²) in [4.78, 5) is 16.1. The van der Waals surface area contributed by atoms with Crippen LogP contribution in [0, 0.1) is 0 Å². The normalized spacial score (nSPS) is 25.8. The van der Waals surface area contributed by atoms with Crippen LogP contribution in [0.4, 0.5) is 0 Å². The SMILES string of the molecule is OC[C@H]1O[C@@H](n2cnc3c(O)ncnc32)C(OCc2ccccn2)C1O. The number of hydrogen-bond donors (Lipinski definition) is 3. The average molecular weight is 359 g/mol. The second-order valence-corrected chi connectivity index (χ2v) is 5.86. The van der Waals surface area contributed by atoms with E-state index in [0.29, 0.717) is 11.3 Å². The van der Waals surface area contributed by atoms with Gasteiger partial charge >= 0.3 is 0 Å². The van der Waals surface area contributed by atoms with Gasteiger partial charge in [0, 0.05) is 6.20 Å². The van der Waals surface area contributed by atoms with Crippen molar-refractivity contribution in [2.45, 2.75) is 31.1 Å². The molecule has 0 spiro atoms. The molecular weight excluding hydrogens is 342 g/mol. The molecule has 3 aromatic rings. The number of aliphatic hydroxyl groups is 2. The lowest BCUT2D eigenvalue weighted by molar-refractivity contribution is -0.0767. The van der Waals surface area contributed by atoms with Gasteiger partial charge in [-0.15, -0.1) is 0 Å². The Kier molecular flexibility index (Phi) is 4.47. The van der Waals surface area contributed by atoms with Gasteiger partial charge in [0.2, 0.25) is 5.88 Å². The number of ether oxygens (including phenoxy) is 2. The number of aromatic hydroxyl groups is 1. The van der Waals surface area contributed by atoms with E-state index in [4.69, 9.17) is 9.47 Å². The summed E-state index contributed by atoms with van der Waals surface area (Å²) in [5.74, 6) is -0.253. The summed E-state index contributed by atoms with van der Waals surface area (Å²) in [6.45, 7) is -0.207. The molecule has 10 nitrogen and oxygen atoms in total. The Balaban J connectivity index is 1.64. The van der Waals surface area contributed by atoms with Crippen molar-refractivity contribution in [2.75, 3.05) is 6.61 Å². The Morgan fingerprint density at radius 3 is 2.85 bits per heavy atom. The molecule has 1 aliphatic heterocycles. The minimum atomic E-state index is -1.05. The Morgan fingerprint density at radius 2 is 2.08 bits per heavy atom. The van der Waals surface area contributed by atoms with E-state index < -0.39 is 24.5 Å². The van der Waals surface area contributed by atoms with Crippen LogP contribution >= 0.6 is 0 Å². The lowest BCUT2D eigenvalue weighted by Crippen LogP contribution is -2.35. The van der Waals surface area contributed by atoms with E-state index in [1.165, 1.54) is 12.7 Å². The largest absolute Gasteiger partial charge is 0.492 e. The Bertz CT molecular complexity index is 889. The maximum Gasteiger partial charge on any atom is 0.242 e. The van der Waals surface area contributed by atoms with E-state index >= 15 is 0 Å². The summed E-state index contributed by atoms with van der Waals surface area (Å²) in [6, 6.07) is 5.44. The monoisotopic (exact) mass is 359 g/mol. The minimum Gasteiger partial charge on any atom is -0.492 e. The Morgan fingerprint density at radius 1 is 1.19 bits per heavy atom. The van der Waals surface area contributed by atoms with Crippen LogP contribution in [0.1, 0.15) is 11.9 Å². The molecular formula is C16H17N5O5. The maximum atomic E-state index is 10.5. The molecule has 10 heteroatoms. The summed E-state index contributed by atoms with van der Waals surface area (Å²) in [5, 5.41) is 29.7. The van der Waals surface area contributed by atoms with Crippen LogP contribution in [-0.4, -0.2) is 64.7 Å². The number of hydrogen-bond acceptors (Lipinski definition) is 9. The van der Waals surface area contributed by atoms with Crippen LogP contribution in [0.2, 0.25) is 0 Å². The first-order chi connectivity index (χ1) is 12.7. The lowest BCUT2D eigenvalue weighted by atomic mass is 10.1. The number of rotatable bonds is 5. The van der Waals surface area contributed by atoms with Crippen molar-refractivity contribution in [1.29, 1.82) is 0 Å². The molecule has 3 N–H and O–H groups in total. The molecule has 0 amide bonds. The molecule has 4 rings (SSSR count). The molecule has 26 heavy (non-hydrogen) atoms. The van der Waals surface area contributed by atoms with E-state index in [2.05, 4.69) is 19.9 Å². The van der Waals surface area contributed by atoms with E-state index in [1.807, 2.05) is 6.07 Å². The van der Waals surface area contributed by atoms with Gasteiger partial charge in [-0.1, -0.05) is 6.07 Å². The summed E-state index contributed by atoms with van der Waals surface area (Å²) < 4.78 is 13.1. The number of pyridine rings is 1. The topological polar surface area (TPSA) is 136 Å². The van der Waals surface area contributed by atoms with Crippen LogP contribution < -0.4 is 0 Å². The molecule has 0 aromatic carbocycles. The first kappa shape index (κ1) is 16.8. The number of aromatic nitrogens is 5. The molecule has 136 valence electrons. The highest BCUT2D eigenvalue weighted by atomic mass is 16.6. The van der Waals surface area contributed by atoms with Crippen molar-refractivity contribution in [1.82, 2.24) is 24.5 Å². The molecule has 0 bridgehead atoms. The smallest absolute Gasteiger partial charge is 0.242 e. The average Bonchev–Trinajstić information content (AvgIpc) is 3.23. The van der Waals surface area contributed by atoms with E-state index in [1.54, 1.807) is 22.9 Å². The highest BCUT2D eigenvalue weighted by molar-refractivity contribution is 5.75. The standard InChI is InChI=1S/C16H17N5O5/c22-5-10-12(23)13(25-6-9-3-1-2-4-17-9)16(26-10)21-8-20-11-14(21)18-7-19-15(11)24/h1-4,7-8,10,12-13,16,22-23H,5-6H2,(H,18,19,24)/t10-,12?,13?,16-/m1/s1. The number of nitrogens with zero attached hydrogens (tertiary/aromatic N) is 5. The Labute approximate surface area is 147 Å². The summed E-state index contributed by atoms with van der Waals surface area (Å²) in [6.07, 6.45) is 0.830. The summed E-state index contributed by atoms with van der Waals surface area (Å²) in [7, 11) is 0. The fourth-order valence-corrected chi connectivity index (χ4v) is 2.96. The predicted octanol–water partition coefficient (Wildman–Crippen LogP) is -0.237. The third-order valence-electron chi connectivity index (χ3n) is 4.26. The highest BCUT2D eigenvalue weighted by Gasteiger charge is 2.46. The molecule has 0 saturated carbocycles. The van der Waals surface area contributed by atoms with Crippen LogP contribution in [0.5, 0.6) is 5.88 Å². The van der Waals surface area contributed by atoms with Crippen LogP contribution in [0.15, 0.2) is 37.1 Å². The van der Waals surface area contributed by atoms with Crippen molar-refractivity contribution < 1.29 is 24.8 Å².